The zero-order valence-corrected chi connectivity index (χ0v) is 18.3. The van der Waals surface area contributed by atoms with Crippen molar-refractivity contribution in [3.63, 3.8) is 0 Å². The van der Waals surface area contributed by atoms with Crippen molar-refractivity contribution in [1.29, 1.82) is 0 Å². The average molecular weight is 422 g/mol. The molecule has 0 saturated carbocycles. The Balaban J connectivity index is 2.11. The molecule has 0 aliphatic rings. The third-order valence-electron chi connectivity index (χ3n) is 4.46. The van der Waals surface area contributed by atoms with Gasteiger partial charge < -0.3 is 23.8 Å². The molecule has 0 unspecified atom stereocenters. The van der Waals surface area contributed by atoms with E-state index in [1.54, 1.807) is 38.3 Å². The largest absolute Gasteiger partial charge is 0.493 e. The highest BCUT2D eigenvalue weighted by atomic mass is 35.5. The monoisotopic (exact) mass is 421 g/mol. The fourth-order valence-electron chi connectivity index (χ4n) is 2.84. The number of ether oxygens (including phenoxy) is 4. The SMILES string of the molecule is CCCOc1c(Cl)cc(C(=O)N(C)CCc2ccc(OC)c(OC)c2)cc1OC. The molecule has 0 heterocycles. The summed E-state index contributed by atoms with van der Waals surface area (Å²) < 4.78 is 21.6. The Hall–Kier alpha value is -2.60. The lowest BCUT2D eigenvalue weighted by atomic mass is 10.1. The van der Waals surface area contributed by atoms with Gasteiger partial charge in [-0.25, -0.2) is 0 Å². The zero-order chi connectivity index (χ0) is 21.4. The fourth-order valence-corrected chi connectivity index (χ4v) is 3.11. The predicted octanol–water partition coefficient (Wildman–Crippen LogP) is 4.47. The van der Waals surface area contributed by atoms with Gasteiger partial charge in [-0.15, -0.1) is 0 Å². The summed E-state index contributed by atoms with van der Waals surface area (Å²) in [4.78, 5) is 14.5. The second-order valence-corrected chi connectivity index (χ2v) is 6.91. The number of likely N-dealkylation sites (N-methyl/N-ethyl adjacent to an activating group) is 1. The van der Waals surface area contributed by atoms with E-state index in [0.717, 1.165) is 12.0 Å². The van der Waals surface area contributed by atoms with Gasteiger partial charge in [-0.2, -0.15) is 0 Å². The summed E-state index contributed by atoms with van der Waals surface area (Å²) >= 11 is 6.33. The van der Waals surface area contributed by atoms with E-state index >= 15 is 0 Å². The van der Waals surface area contributed by atoms with Crippen LogP contribution in [-0.2, 0) is 6.42 Å². The molecule has 0 fully saturated rings. The van der Waals surface area contributed by atoms with Crippen LogP contribution in [-0.4, -0.2) is 52.3 Å². The number of carbonyl (C=O) groups is 1. The Morgan fingerprint density at radius 3 is 2.31 bits per heavy atom. The van der Waals surface area contributed by atoms with Gasteiger partial charge in [0.15, 0.2) is 23.0 Å². The minimum atomic E-state index is -0.146. The van der Waals surface area contributed by atoms with Crippen LogP contribution in [0, 0.1) is 0 Å². The van der Waals surface area contributed by atoms with Crippen molar-refractivity contribution in [1.82, 2.24) is 4.90 Å². The van der Waals surface area contributed by atoms with Crippen molar-refractivity contribution in [3.8, 4) is 23.0 Å². The van der Waals surface area contributed by atoms with Gasteiger partial charge in [-0.3, -0.25) is 4.79 Å². The number of hydrogen-bond donors (Lipinski definition) is 0. The normalized spacial score (nSPS) is 10.4. The molecule has 2 rings (SSSR count). The summed E-state index contributed by atoms with van der Waals surface area (Å²) in [5, 5.41) is 0.356. The Labute approximate surface area is 177 Å². The number of carbonyl (C=O) groups excluding carboxylic acids is 1. The van der Waals surface area contributed by atoms with Crippen LogP contribution in [0.3, 0.4) is 0 Å². The molecule has 0 bridgehead atoms. The van der Waals surface area contributed by atoms with E-state index in [9.17, 15) is 4.79 Å². The standard InChI is InChI=1S/C22H28ClNO5/c1-6-11-29-21-17(23)13-16(14-20(21)28-5)22(25)24(2)10-9-15-7-8-18(26-3)19(12-15)27-4/h7-8,12-14H,6,9-11H2,1-5H3. The number of nitrogens with zero attached hydrogens (tertiary/aromatic N) is 1. The Morgan fingerprint density at radius 1 is 1.00 bits per heavy atom. The summed E-state index contributed by atoms with van der Waals surface area (Å²) in [6.07, 6.45) is 1.52. The first kappa shape index (κ1) is 22.7. The highest BCUT2D eigenvalue weighted by molar-refractivity contribution is 6.32. The highest BCUT2D eigenvalue weighted by Gasteiger charge is 2.18. The van der Waals surface area contributed by atoms with Crippen LogP contribution >= 0.6 is 11.6 Å². The average Bonchev–Trinajstić information content (AvgIpc) is 2.75. The third kappa shape index (κ3) is 5.70. The van der Waals surface area contributed by atoms with Gasteiger partial charge in [0.05, 0.1) is 33.0 Å². The van der Waals surface area contributed by atoms with Crippen LogP contribution in [0.1, 0.15) is 29.3 Å². The second kappa shape index (κ2) is 10.8. The smallest absolute Gasteiger partial charge is 0.253 e. The van der Waals surface area contributed by atoms with Gasteiger partial charge in [-0.1, -0.05) is 24.6 Å². The van der Waals surface area contributed by atoms with Gasteiger partial charge in [0.1, 0.15) is 0 Å². The minimum Gasteiger partial charge on any atom is -0.493 e. The highest BCUT2D eigenvalue weighted by Crippen LogP contribution is 2.37. The predicted molar refractivity (Wildman–Crippen MR) is 114 cm³/mol. The van der Waals surface area contributed by atoms with Crippen molar-refractivity contribution >= 4 is 17.5 Å². The molecule has 158 valence electrons. The molecule has 0 radical (unpaired) electrons. The lowest BCUT2D eigenvalue weighted by Crippen LogP contribution is -2.29. The maximum Gasteiger partial charge on any atom is 0.253 e. The number of benzene rings is 2. The number of halogens is 1. The fraction of sp³-hybridized carbons (Fsp3) is 0.409. The molecule has 0 saturated heterocycles. The molecule has 7 heteroatoms. The first-order chi connectivity index (χ1) is 13.9. The molecular formula is C22H28ClNO5. The lowest BCUT2D eigenvalue weighted by molar-refractivity contribution is 0.0796. The van der Waals surface area contributed by atoms with Crippen molar-refractivity contribution in [2.45, 2.75) is 19.8 Å². The summed E-state index contributed by atoms with van der Waals surface area (Å²) in [5.41, 5.74) is 1.49. The Bertz CT molecular complexity index is 840. The van der Waals surface area contributed by atoms with E-state index in [4.69, 9.17) is 30.5 Å². The number of methoxy groups -OCH3 is 3. The molecule has 0 aliphatic heterocycles. The number of hydrogen-bond acceptors (Lipinski definition) is 5. The Morgan fingerprint density at radius 2 is 1.69 bits per heavy atom. The first-order valence-electron chi connectivity index (χ1n) is 9.41. The Kier molecular flexibility index (Phi) is 8.46. The van der Waals surface area contributed by atoms with Crippen LogP contribution in [0.4, 0.5) is 0 Å². The van der Waals surface area contributed by atoms with E-state index in [0.29, 0.717) is 53.2 Å². The van der Waals surface area contributed by atoms with Crippen molar-refractivity contribution < 1.29 is 23.7 Å². The molecule has 29 heavy (non-hydrogen) atoms. The van der Waals surface area contributed by atoms with Crippen LogP contribution < -0.4 is 18.9 Å². The third-order valence-corrected chi connectivity index (χ3v) is 4.74. The van der Waals surface area contributed by atoms with E-state index in [1.165, 1.54) is 7.11 Å². The summed E-state index contributed by atoms with van der Waals surface area (Å²) in [5.74, 6) is 2.10. The van der Waals surface area contributed by atoms with Gasteiger partial charge in [0, 0.05) is 19.2 Å². The van der Waals surface area contributed by atoms with Crippen molar-refractivity contribution in [2.75, 3.05) is 41.5 Å². The molecule has 0 aromatic heterocycles. The van der Waals surface area contributed by atoms with Crippen molar-refractivity contribution in [2.24, 2.45) is 0 Å². The van der Waals surface area contributed by atoms with E-state index in [1.807, 2.05) is 25.1 Å². The van der Waals surface area contributed by atoms with Gasteiger partial charge in [0.2, 0.25) is 0 Å². The molecule has 6 nitrogen and oxygen atoms in total. The number of amides is 1. The van der Waals surface area contributed by atoms with Gasteiger partial charge in [-0.05, 0) is 42.7 Å². The summed E-state index contributed by atoms with van der Waals surface area (Å²) in [6.45, 7) is 3.06. The van der Waals surface area contributed by atoms with Crippen LogP contribution in [0.25, 0.3) is 0 Å². The van der Waals surface area contributed by atoms with E-state index in [-0.39, 0.29) is 5.91 Å². The van der Waals surface area contributed by atoms with Gasteiger partial charge >= 0.3 is 0 Å². The molecule has 2 aromatic rings. The van der Waals surface area contributed by atoms with Gasteiger partial charge in [0.25, 0.3) is 5.91 Å². The quantitative estimate of drug-likeness (QED) is 0.566. The van der Waals surface area contributed by atoms with Crippen LogP contribution in [0.5, 0.6) is 23.0 Å². The molecular weight excluding hydrogens is 394 g/mol. The molecule has 1 amide bonds. The zero-order valence-electron chi connectivity index (χ0n) is 17.6. The summed E-state index contributed by atoms with van der Waals surface area (Å²) in [7, 11) is 6.48. The summed E-state index contributed by atoms with van der Waals surface area (Å²) in [6, 6.07) is 9.00. The number of rotatable bonds is 10. The molecule has 0 N–H and O–H groups in total. The molecule has 2 aromatic carbocycles. The second-order valence-electron chi connectivity index (χ2n) is 6.50. The van der Waals surface area contributed by atoms with Crippen molar-refractivity contribution in [3.05, 3.63) is 46.5 Å². The van der Waals surface area contributed by atoms with Crippen LogP contribution in [0.15, 0.2) is 30.3 Å². The molecule has 0 spiro atoms. The molecule has 0 atom stereocenters. The maximum absolute atomic E-state index is 12.9. The lowest BCUT2D eigenvalue weighted by Gasteiger charge is -2.19. The molecule has 0 aliphatic carbocycles. The van der Waals surface area contributed by atoms with E-state index < -0.39 is 0 Å². The van der Waals surface area contributed by atoms with E-state index in [2.05, 4.69) is 0 Å². The topological polar surface area (TPSA) is 57.2 Å². The maximum atomic E-state index is 12.9. The first-order valence-corrected chi connectivity index (χ1v) is 9.79. The minimum absolute atomic E-state index is 0.146. The van der Waals surface area contributed by atoms with Crippen LogP contribution in [0.2, 0.25) is 5.02 Å².